The van der Waals surface area contributed by atoms with Crippen LogP contribution in [0.3, 0.4) is 0 Å². The molecule has 1 aromatic heterocycles. The summed E-state index contributed by atoms with van der Waals surface area (Å²) in [6, 6.07) is 10.5. The van der Waals surface area contributed by atoms with Crippen LogP contribution in [0.2, 0.25) is 5.02 Å². The van der Waals surface area contributed by atoms with Crippen molar-refractivity contribution in [1.29, 1.82) is 0 Å². The zero-order valence-electron chi connectivity index (χ0n) is 10.4. The lowest BCUT2D eigenvalue weighted by Crippen LogP contribution is -2.27. The summed E-state index contributed by atoms with van der Waals surface area (Å²) >= 11 is 5.92. The molecule has 5 heteroatoms. The van der Waals surface area contributed by atoms with Gasteiger partial charge in [-0.1, -0.05) is 23.7 Å². The van der Waals surface area contributed by atoms with Crippen LogP contribution in [0.1, 0.15) is 29.0 Å². The molecule has 19 heavy (non-hydrogen) atoms. The summed E-state index contributed by atoms with van der Waals surface area (Å²) in [6.45, 7) is 1.89. The van der Waals surface area contributed by atoms with Crippen molar-refractivity contribution in [2.75, 3.05) is 5.73 Å². The molecule has 1 aromatic carbocycles. The number of halogens is 1. The van der Waals surface area contributed by atoms with Crippen molar-refractivity contribution in [3.8, 4) is 0 Å². The van der Waals surface area contributed by atoms with Crippen LogP contribution in [0.4, 0.5) is 5.69 Å². The van der Waals surface area contributed by atoms with E-state index in [2.05, 4.69) is 10.3 Å². The quantitative estimate of drug-likeness (QED) is 0.905. The normalized spacial score (nSPS) is 11.9. The van der Waals surface area contributed by atoms with E-state index in [1.807, 2.05) is 25.1 Å². The molecule has 0 saturated heterocycles. The van der Waals surface area contributed by atoms with Crippen LogP contribution in [-0.2, 0) is 0 Å². The Morgan fingerprint density at radius 2 is 2.16 bits per heavy atom. The van der Waals surface area contributed by atoms with E-state index in [1.54, 1.807) is 18.2 Å². The van der Waals surface area contributed by atoms with E-state index in [0.717, 1.165) is 5.56 Å². The van der Waals surface area contributed by atoms with E-state index in [1.165, 1.54) is 6.20 Å². The molecule has 1 heterocycles. The molecule has 2 aromatic rings. The van der Waals surface area contributed by atoms with Gasteiger partial charge < -0.3 is 11.1 Å². The molecule has 0 aliphatic carbocycles. The Bertz CT molecular complexity index is 583. The second-order valence-electron chi connectivity index (χ2n) is 4.23. The number of nitrogens with one attached hydrogen (secondary N) is 1. The van der Waals surface area contributed by atoms with E-state index in [0.29, 0.717) is 16.4 Å². The molecule has 0 spiro atoms. The minimum absolute atomic E-state index is 0.148. The Morgan fingerprint density at radius 1 is 1.37 bits per heavy atom. The van der Waals surface area contributed by atoms with Gasteiger partial charge in [0.05, 0.1) is 17.9 Å². The molecule has 1 amide bonds. The van der Waals surface area contributed by atoms with Crippen LogP contribution < -0.4 is 11.1 Å². The van der Waals surface area contributed by atoms with Gasteiger partial charge >= 0.3 is 0 Å². The Morgan fingerprint density at radius 3 is 2.79 bits per heavy atom. The van der Waals surface area contributed by atoms with E-state index >= 15 is 0 Å². The minimum atomic E-state index is -0.243. The van der Waals surface area contributed by atoms with Gasteiger partial charge in [-0.3, -0.25) is 4.79 Å². The second kappa shape index (κ2) is 5.71. The number of benzene rings is 1. The highest BCUT2D eigenvalue weighted by Crippen LogP contribution is 2.17. The predicted molar refractivity (Wildman–Crippen MR) is 76.0 cm³/mol. The third-order valence-electron chi connectivity index (χ3n) is 2.72. The molecule has 0 aliphatic rings. The van der Waals surface area contributed by atoms with Crippen LogP contribution in [-0.4, -0.2) is 10.9 Å². The third-order valence-corrected chi connectivity index (χ3v) is 2.95. The molecule has 0 fully saturated rings. The Balaban J connectivity index is 2.08. The number of anilines is 1. The molecule has 0 saturated carbocycles. The van der Waals surface area contributed by atoms with Gasteiger partial charge in [-0.05, 0) is 36.8 Å². The van der Waals surface area contributed by atoms with Crippen LogP contribution in [0, 0.1) is 0 Å². The first-order valence-corrected chi connectivity index (χ1v) is 6.22. The third kappa shape index (κ3) is 3.45. The van der Waals surface area contributed by atoms with Crippen molar-refractivity contribution in [3.63, 3.8) is 0 Å². The van der Waals surface area contributed by atoms with Crippen molar-refractivity contribution < 1.29 is 4.79 Å². The Labute approximate surface area is 116 Å². The summed E-state index contributed by atoms with van der Waals surface area (Å²) in [4.78, 5) is 16.0. The molecule has 0 radical (unpaired) electrons. The van der Waals surface area contributed by atoms with Crippen LogP contribution in [0.5, 0.6) is 0 Å². The zero-order valence-corrected chi connectivity index (χ0v) is 11.2. The highest BCUT2D eigenvalue weighted by molar-refractivity contribution is 6.30. The van der Waals surface area contributed by atoms with Gasteiger partial charge in [0.2, 0.25) is 0 Å². The Kier molecular flexibility index (Phi) is 4.02. The standard InChI is InChI=1S/C14H14ClN3O/c1-9(10-3-2-4-11(15)7-10)18-14(19)13-6-5-12(16)8-17-13/h2-9H,16H2,1H3,(H,18,19)/t9-/m0/s1. The molecule has 1 atom stereocenters. The molecule has 0 aliphatic heterocycles. The largest absolute Gasteiger partial charge is 0.397 e. The van der Waals surface area contributed by atoms with Crippen molar-refractivity contribution in [2.24, 2.45) is 0 Å². The highest BCUT2D eigenvalue weighted by atomic mass is 35.5. The molecule has 98 valence electrons. The SMILES string of the molecule is C[C@H](NC(=O)c1ccc(N)cn1)c1cccc(Cl)c1. The van der Waals surface area contributed by atoms with Gasteiger partial charge in [0.25, 0.3) is 5.91 Å². The molecule has 4 nitrogen and oxygen atoms in total. The van der Waals surface area contributed by atoms with Crippen LogP contribution in [0.25, 0.3) is 0 Å². The second-order valence-corrected chi connectivity index (χ2v) is 4.66. The monoisotopic (exact) mass is 275 g/mol. The number of nitrogens with zero attached hydrogens (tertiary/aromatic N) is 1. The van der Waals surface area contributed by atoms with Crippen molar-refractivity contribution in [2.45, 2.75) is 13.0 Å². The number of hydrogen-bond donors (Lipinski definition) is 2. The fourth-order valence-corrected chi connectivity index (χ4v) is 1.87. The average molecular weight is 276 g/mol. The predicted octanol–water partition coefficient (Wildman–Crippen LogP) is 2.81. The smallest absolute Gasteiger partial charge is 0.270 e. The molecule has 3 N–H and O–H groups in total. The summed E-state index contributed by atoms with van der Waals surface area (Å²) in [6.07, 6.45) is 1.46. The maximum atomic E-state index is 12.0. The van der Waals surface area contributed by atoms with Crippen LogP contribution >= 0.6 is 11.6 Å². The summed E-state index contributed by atoms with van der Waals surface area (Å²) in [5, 5.41) is 3.50. The fraction of sp³-hybridized carbons (Fsp3) is 0.143. The highest BCUT2D eigenvalue weighted by Gasteiger charge is 2.12. The number of pyridine rings is 1. The lowest BCUT2D eigenvalue weighted by Gasteiger charge is -2.14. The van der Waals surface area contributed by atoms with Gasteiger partial charge in [0, 0.05) is 5.02 Å². The van der Waals surface area contributed by atoms with Gasteiger partial charge in [0.15, 0.2) is 0 Å². The number of hydrogen-bond acceptors (Lipinski definition) is 3. The minimum Gasteiger partial charge on any atom is -0.397 e. The first-order valence-electron chi connectivity index (χ1n) is 5.84. The molecule has 0 unspecified atom stereocenters. The first-order chi connectivity index (χ1) is 9.06. The van der Waals surface area contributed by atoms with Crippen molar-refractivity contribution in [3.05, 3.63) is 58.9 Å². The summed E-state index contributed by atoms with van der Waals surface area (Å²) in [5.74, 6) is -0.243. The van der Waals surface area contributed by atoms with Crippen molar-refractivity contribution >= 4 is 23.2 Å². The lowest BCUT2D eigenvalue weighted by atomic mass is 10.1. The molecule has 2 rings (SSSR count). The number of aromatic nitrogens is 1. The van der Waals surface area contributed by atoms with E-state index < -0.39 is 0 Å². The average Bonchev–Trinajstić information content (AvgIpc) is 2.39. The van der Waals surface area contributed by atoms with Gasteiger partial charge in [0.1, 0.15) is 5.69 Å². The van der Waals surface area contributed by atoms with Gasteiger partial charge in [-0.25, -0.2) is 4.98 Å². The number of amides is 1. The summed E-state index contributed by atoms with van der Waals surface area (Å²) < 4.78 is 0. The van der Waals surface area contributed by atoms with E-state index in [9.17, 15) is 4.79 Å². The zero-order chi connectivity index (χ0) is 13.8. The van der Waals surface area contributed by atoms with Crippen molar-refractivity contribution in [1.82, 2.24) is 10.3 Å². The maximum absolute atomic E-state index is 12.0. The summed E-state index contributed by atoms with van der Waals surface area (Å²) in [7, 11) is 0. The van der Waals surface area contributed by atoms with E-state index in [-0.39, 0.29) is 11.9 Å². The van der Waals surface area contributed by atoms with Gasteiger partial charge in [-0.15, -0.1) is 0 Å². The molecular weight excluding hydrogens is 262 g/mol. The number of carbonyl (C=O) groups excluding carboxylic acids is 1. The summed E-state index contributed by atoms with van der Waals surface area (Å²) in [5.41, 5.74) is 7.33. The number of carbonyl (C=O) groups is 1. The van der Waals surface area contributed by atoms with E-state index in [4.69, 9.17) is 17.3 Å². The topological polar surface area (TPSA) is 68.0 Å². The van der Waals surface area contributed by atoms with Gasteiger partial charge in [-0.2, -0.15) is 0 Å². The number of nitrogen functional groups attached to an aromatic ring is 1. The van der Waals surface area contributed by atoms with Crippen LogP contribution in [0.15, 0.2) is 42.6 Å². The molecule has 0 bridgehead atoms. The lowest BCUT2D eigenvalue weighted by molar-refractivity contribution is 0.0935. The fourth-order valence-electron chi connectivity index (χ4n) is 1.67. The Hall–Kier alpha value is -2.07. The first kappa shape index (κ1) is 13.4. The number of rotatable bonds is 3. The molecular formula is C14H14ClN3O. The maximum Gasteiger partial charge on any atom is 0.270 e. The number of nitrogens with two attached hydrogens (primary N) is 1.